The van der Waals surface area contributed by atoms with Gasteiger partial charge in [0.05, 0.1) is 0 Å². The molecule has 0 spiro atoms. The zero-order valence-electron chi connectivity index (χ0n) is 12.1. The Labute approximate surface area is 134 Å². The minimum Gasteiger partial charge on any atom is -0.355 e. The van der Waals surface area contributed by atoms with Crippen LogP contribution in [0.5, 0.6) is 0 Å². The Hall–Kier alpha value is -0.0100. The SMILES string of the molecule is CSCCNC(=O)CC(=O)NCCSC1CCC1SC. The topological polar surface area (TPSA) is 58.2 Å². The first-order valence-electron chi connectivity index (χ1n) is 6.84. The number of carbonyl (C=O) groups excluding carboxylic acids is 2. The molecule has 0 aromatic carbocycles. The summed E-state index contributed by atoms with van der Waals surface area (Å²) < 4.78 is 0. The number of nitrogens with one attached hydrogen (secondary N) is 2. The number of hydrogen-bond donors (Lipinski definition) is 2. The van der Waals surface area contributed by atoms with Crippen molar-refractivity contribution in [1.82, 2.24) is 10.6 Å². The highest BCUT2D eigenvalue weighted by Crippen LogP contribution is 2.38. The van der Waals surface area contributed by atoms with Gasteiger partial charge in [0, 0.05) is 35.1 Å². The second-order valence-electron chi connectivity index (χ2n) is 4.63. The van der Waals surface area contributed by atoms with Crippen molar-refractivity contribution in [2.24, 2.45) is 0 Å². The van der Waals surface area contributed by atoms with Crippen LogP contribution in [-0.2, 0) is 9.59 Å². The van der Waals surface area contributed by atoms with Crippen molar-refractivity contribution in [3.05, 3.63) is 0 Å². The van der Waals surface area contributed by atoms with Crippen molar-refractivity contribution in [2.45, 2.75) is 29.8 Å². The van der Waals surface area contributed by atoms with Gasteiger partial charge in [-0.2, -0.15) is 35.3 Å². The van der Waals surface area contributed by atoms with Crippen LogP contribution in [0.3, 0.4) is 0 Å². The highest BCUT2D eigenvalue weighted by molar-refractivity contribution is 8.03. The molecule has 2 unspecified atom stereocenters. The molecule has 2 N–H and O–H groups in total. The van der Waals surface area contributed by atoms with Crippen molar-refractivity contribution in [2.75, 3.05) is 37.1 Å². The number of amides is 2. The van der Waals surface area contributed by atoms with Crippen LogP contribution in [0.4, 0.5) is 0 Å². The van der Waals surface area contributed by atoms with Gasteiger partial charge in [-0.1, -0.05) is 0 Å². The Bertz CT molecular complexity index is 314. The highest BCUT2D eigenvalue weighted by atomic mass is 32.2. The van der Waals surface area contributed by atoms with Crippen LogP contribution in [0.2, 0.25) is 0 Å². The van der Waals surface area contributed by atoms with Crippen molar-refractivity contribution < 1.29 is 9.59 Å². The lowest BCUT2D eigenvalue weighted by molar-refractivity contribution is -0.129. The predicted molar refractivity (Wildman–Crippen MR) is 91.8 cm³/mol. The van der Waals surface area contributed by atoms with Gasteiger partial charge in [-0.05, 0) is 25.4 Å². The third-order valence-electron chi connectivity index (χ3n) is 3.16. The molecule has 20 heavy (non-hydrogen) atoms. The fourth-order valence-corrected chi connectivity index (χ4v) is 4.73. The molecule has 1 aliphatic rings. The third-order valence-corrected chi connectivity index (χ3v) is 6.55. The molecule has 0 aromatic heterocycles. The lowest BCUT2D eigenvalue weighted by Gasteiger charge is -2.34. The lowest BCUT2D eigenvalue weighted by Crippen LogP contribution is -2.35. The fourth-order valence-electron chi connectivity index (χ4n) is 1.86. The number of hydrogen-bond acceptors (Lipinski definition) is 5. The molecule has 2 atom stereocenters. The first-order valence-corrected chi connectivity index (χ1v) is 10.6. The van der Waals surface area contributed by atoms with Gasteiger partial charge in [0.25, 0.3) is 0 Å². The second kappa shape index (κ2) is 10.7. The summed E-state index contributed by atoms with van der Waals surface area (Å²) in [6.07, 6.45) is 6.70. The zero-order chi connectivity index (χ0) is 14.8. The van der Waals surface area contributed by atoms with Crippen LogP contribution in [0.1, 0.15) is 19.3 Å². The summed E-state index contributed by atoms with van der Waals surface area (Å²) in [4.78, 5) is 23.0. The smallest absolute Gasteiger partial charge is 0.229 e. The van der Waals surface area contributed by atoms with E-state index >= 15 is 0 Å². The van der Waals surface area contributed by atoms with E-state index < -0.39 is 0 Å². The van der Waals surface area contributed by atoms with Crippen molar-refractivity contribution >= 4 is 47.1 Å². The summed E-state index contributed by atoms with van der Waals surface area (Å²) in [6.45, 7) is 1.28. The molecule has 2 amide bonds. The molecule has 1 rings (SSSR count). The van der Waals surface area contributed by atoms with Crippen LogP contribution in [0, 0.1) is 0 Å². The van der Waals surface area contributed by atoms with Crippen LogP contribution < -0.4 is 10.6 Å². The normalized spacial score (nSPS) is 21.1. The second-order valence-corrected chi connectivity index (χ2v) is 8.04. The molecule has 4 nitrogen and oxygen atoms in total. The first-order chi connectivity index (χ1) is 9.67. The van der Waals surface area contributed by atoms with Gasteiger partial charge in [0.15, 0.2) is 0 Å². The van der Waals surface area contributed by atoms with E-state index in [4.69, 9.17) is 0 Å². The minimum absolute atomic E-state index is 0.0596. The molecule has 0 bridgehead atoms. The summed E-state index contributed by atoms with van der Waals surface area (Å²) >= 11 is 5.55. The van der Waals surface area contributed by atoms with Gasteiger partial charge in [-0.15, -0.1) is 0 Å². The Morgan fingerprint density at radius 1 is 1.00 bits per heavy atom. The van der Waals surface area contributed by atoms with Crippen molar-refractivity contribution in [3.63, 3.8) is 0 Å². The molecular weight excluding hydrogens is 312 g/mol. The van der Waals surface area contributed by atoms with Crippen LogP contribution in [-0.4, -0.2) is 59.4 Å². The monoisotopic (exact) mass is 336 g/mol. The van der Waals surface area contributed by atoms with E-state index in [9.17, 15) is 9.59 Å². The lowest BCUT2D eigenvalue weighted by atomic mass is 9.99. The van der Waals surface area contributed by atoms with E-state index in [0.717, 1.165) is 22.0 Å². The first kappa shape index (κ1) is 18.0. The Balaban J connectivity index is 1.98. The van der Waals surface area contributed by atoms with Crippen molar-refractivity contribution in [3.8, 4) is 0 Å². The molecule has 0 saturated heterocycles. The third kappa shape index (κ3) is 7.13. The van der Waals surface area contributed by atoms with Gasteiger partial charge < -0.3 is 10.6 Å². The molecule has 0 aromatic rings. The molecular formula is C13H24N2O2S3. The summed E-state index contributed by atoms with van der Waals surface area (Å²) in [6, 6.07) is 0. The quantitative estimate of drug-likeness (QED) is 0.469. The Morgan fingerprint density at radius 3 is 2.10 bits per heavy atom. The van der Waals surface area contributed by atoms with Crippen LogP contribution >= 0.6 is 35.3 Å². The van der Waals surface area contributed by atoms with Crippen LogP contribution in [0.25, 0.3) is 0 Å². The maximum Gasteiger partial charge on any atom is 0.229 e. The van der Waals surface area contributed by atoms with Gasteiger partial charge >= 0.3 is 0 Å². The Morgan fingerprint density at radius 2 is 1.60 bits per heavy atom. The summed E-state index contributed by atoms with van der Waals surface area (Å²) in [5.41, 5.74) is 0. The molecule has 1 aliphatic carbocycles. The standard InChI is InChI=1S/C13H24N2O2S3/c1-18-7-5-14-12(16)9-13(17)15-6-8-20-11-4-3-10(11)19-2/h10-11H,3-9H2,1-2H3,(H,14,16)(H,15,17). The molecule has 0 heterocycles. The molecule has 0 aliphatic heterocycles. The molecule has 0 radical (unpaired) electrons. The number of thioether (sulfide) groups is 3. The van der Waals surface area contributed by atoms with E-state index in [1.54, 1.807) is 11.8 Å². The number of carbonyl (C=O) groups is 2. The van der Waals surface area contributed by atoms with E-state index in [0.29, 0.717) is 13.1 Å². The molecule has 1 fully saturated rings. The van der Waals surface area contributed by atoms with Gasteiger partial charge in [-0.25, -0.2) is 0 Å². The van der Waals surface area contributed by atoms with E-state index in [2.05, 4.69) is 16.9 Å². The minimum atomic E-state index is -0.189. The number of rotatable bonds is 10. The average Bonchev–Trinajstić information content (AvgIpc) is 2.38. The fraction of sp³-hybridized carbons (Fsp3) is 0.846. The van der Waals surface area contributed by atoms with Gasteiger partial charge in [0.1, 0.15) is 6.42 Å². The highest BCUT2D eigenvalue weighted by Gasteiger charge is 2.29. The zero-order valence-corrected chi connectivity index (χ0v) is 14.6. The maximum atomic E-state index is 11.5. The van der Waals surface area contributed by atoms with Gasteiger partial charge in [0.2, 0.25) is 11.8 Å². The molecule has 1 saturated carbocycles. The van der Waals surface area contributed by atoms with Crippen LogP contribution in [0.15, 0.2) is 0 Å². The predicted octanol–water partition coefficient (Wildman–Crippen LogP) is 1.60. The average molecular weight is 337 g/mol. The summed E-state index contributed by atoms with van der Waals surface area (Å²) in [5.74, 6) is 1.44. The Kier molecular flexibility index (Phi) is 9.63. The van der Waals surface area contributed by atoms with Crippen molar-refractivity contribution in [1.29, 1.82) is 0 Å². The summed E-state index contributed by atoms with van der Waals surface area (Å²) in [7, 11) is 0. The largest absolute Gasteiger partial charge is 0.355 e. The van der Waals surface area contributed by atoms with E-state index in [1.165, 1.54) is 12.8 Å². The van der Waals surface area contributed by atoms with E-state index in [1.807, 2.05) is 29.8 Å². The molecule has 116 valence electrons. The maximum absolute atomic E-state index is 11.5. The summed E-state index contributed by atoms with van der Waals surface area (Å²) in [5, 5.41) is 7.07. The molecule has 7 heteroatoms. The van der Waals surface area contributed by atoms with E-state index in [-0.39, 0.29) is 18.2 Å². The van der Waals surface area contributed by atoms with Gasteiger partial charge in [-0.3, -0.25) is 9.59 Å².